The third-order valence-electron chi connectivity index (χ3n) is 3.21. The number of aliphatic carboxylic acids is 1. The molecule has 0 aliphatic carbocycles. The first-order chi connectivity index (χ1) is 10.4. The van der Waals surface area contributed by atoms with Gasteiger partial charge < -0.3 is 19.5 Å². The molecule has 1 amide bonds. The highest BCUT2D eigenvalue weighted by molar-refractivity contribution is 5.82. The van der Waals surface area contributed by atoms with E-state index in [0.717, 1.165) is 12.1 Å². The first-order valence-electron chi connectivity index (χ1n) is 6.63. The zero-order chi connectivity index (χ0) is 16.3. The molecule has 0 saturated carbocycles. The first-order valence-corrected chi connectivity index (χ1v) is 6.63. The summed E-state index contributed by atoms with van der Waals surface area (Å²) in [6.07, 6.45) is -2.04. The summed E-state index contributed by atoms with van der Waals surface area (Å²) in [5, 5.41) is 8.90. The molecule has 6 nitrogen and oxygen atoms in total. The van der Waals surface area contributed by atoms with Crippen LogP contribution in [0.1, 0.15) is 6.92 Å². The number of carbonyl (C=O) groups is 2. The Balaban J connectivity index is 1.99. The highest BCUT2D eigenvalue weighted by Crippen LogP contribution is 2.18. The highest BCUT2D eigenvalue weighted by atomic mass is 19.2. The summed E-state index contributed by atoms with van der Waals surface area (Å²) in [5.41, 5.74) is 0. The number of carbonyl (C=O) groups excluding carboxylic acids is 1. The van der Waals surface area contributed by atoms with Gasteiger partial charge in [0.15, 0.2) is 23.8 Å². The second-order valence-corrected chi connectivity index (χ2v) is 4.82. The van der Waals surface area contributed by atoms with E-state index in [9.17, 15) is 18.4 Å². The standard InChI is InChI=1S/C14H15F2NO5/c1-8(22-9-2-3-10(15)11(16)6-9)13(18)17-4-5-21-12(7-17)14(19)20/h2-3,6,8,12H,4-5,7H2,1H3,(H,19,20). The van der Waals surface area contributed by atoms with Crippen LogP contribution in [0, 0.1) is 11.6 Å². The predicted octanol–water partition coefficient (Wildman–Crippen LogP) is 1.04. The second-order valence-electron chi connectivity index (χ2n) is 4.82. The van der Waals surface area contributed by atoms with Crippen LogP contribution < -0.4 is 4.74 Å². The average molecular weight is 315 g/mol. The molecule has 8 heteroatoms. The quantitative estimate of drug-likeness (QED) is 0.898. The van der Waals surface area contributed by atoms with Crippen LogP contribution >= 0.6 is 0 Å². The second kappa shape index (κ2) is 6.69. The van der Waals surface area contributed by atoms with E-state index in [1.165, 1.54) is 17.9 Å². The van der Waals surface area contributed by atoms with Gasteiger partial charge in [0.2, 0.25) is 0 Å². The fourth-order valence-electron chi connectivity index (χ4n) is 2.06. The third kappa shape index (κ3) is 3.70. The molecule has 1 aromatic carbocycles. The molecule has 1 saturated heterocycles. The van der Waals surface area contributed by atoms with Crippen LogP contribution in [0.3, 0.4) is 0 Å². The van der Waals surface area contributed by atoms with Crippen LogP contribution in [-0.4, -0.2) is 53.8 Å². The lowest BCUT2D eigenvalue weighted by Gasteiger charge is -2.32. The number of carboxylic acid groups (broad SMARTS) is 1. The van der Waals surface area contributed by atoms with Crippen LogP contribution in [-0.2, 0) is 14.3 Å². The maximum absolute atomic E-state index is 13.1. The molecule has 0 spiro atoms. The number of carboxylic acids is 1. The van der Waals surface area contributed by atoms with Gasteiger partial charge in [-0.3, -0.25) is 4.79 Å². The molecule has 1 heterocycles. The van der Waals surface area contributed by atoms with Crippen molar-refractivity contribution in [3.8, 4) is 5.75 Å². The Bertz CT molecular complexity index is 580. The van der Waals surface area contributed by atoms with Crippen LogP contribution in [0.4, 0.5) is 8.78 Å². The number of rotatable bonds is 4. The number of nitrogens with zero attached hydrogens (tertiary/aromatic N) is 1. The first kappa shape index (κ1) is 16.2. The molecule has 2 atom stereocenters. The van der Waals surface area contributed by atoms with Gasteiger partial charge in [-0.15, -0.1) is 0 Å². The van der Waals surface area contributed by atoms with Crippen molar-refractivity contribution in [3.63, 3.8) is 0 Å². The van der Waals surface area contributed by atoms with Crippen molar-refractivity contribution in [2.24, 2.45) is 0 Å². The van der Waals surface area contributed by atoms with E-state index in [0.29, 0.717) is 0 Å². The largest absolute Gasteiger partial charge is 0.481 e. The van der Waals surface area contributed by atoms with Gasteiger partial charge in [0.25, 0.3) is 5.91 Å². The fraction of sp³-hybridized carbons (Fsp3) is 0.429. The van der Waals surface area contributed by atoms with Crippen LogP contribution in [0.5, 0.6) is 5.75 Å². The topological polar surface area (TPSA) is 76.1 Å². The molecule has 22 heavy (non-hydrogen) atoms. The van der Waals surface area contributed by atoms with Gasteiger partial charge in [-0.1, -0.05) is 0 Å². The Morgan fingerprint density at radius 2 is 2.14 bits per heavy atom. The zero-order valence-electron chi connectivity index (χ0n) is 11.8. The van der Waals surface area contributed by atoms with E-state index in [-0.39, 0.29) is 25.4 Å². The summed E-state index contributed by atoms with van der Waals surface area (Å²) in [6.45, 7) is 1.73. The molecule has 0 bridgehead atoms. The Hall–Kier alpha value is -2.22. The van der Waals surface area contributed by atoms with Crippen molar-refractivity contribution in [2.45, 2.75) is 19.1 Å². The van der Waals surface area contributed by atoms with E-state index in [1.807, 2.05) is 0 Å². The number of hydrogen-bond donors (Lipinski definition) is 1. The molecule has 0 radical (unpaired) electrons. The van der Waals surface area contributed by atoms with E-state index in [4.69, 9.17) is 14.6 Å². The summed E-state index contributed by atoms with van der Waals surface area (Å²) in [6, 6.07) is 2.96. The monoisotopic (exact) mass is 315 g/mol. The van der Waals surface area contributed by atoms with E-state index in [2.05, 4.69) is 0 Å². The number of hydrogen-bond acceptors (Lipinski definition) is 4. The SMILES string of the molecule is CC(Oc1ccc(F)c(F)c1)C(=O)N1CCOC(C(=O)O)C1. The number of benzene rings is 1. The number of halogens is 2. The maximum atomic E-state index is 13.1. The van der Waals surface area contributed by atoms with Crippen molar-refractivity contribution < 1.29 is 33.0 Å². The summed E-state index contributed by atoms with van der Waals surface area (Å²) in [5.74, 6) is -3.66. The molecular weight excluding hydrogens is 300 g/mol. The van der Waals surface area contributed by atoms with Gasteiger partial charge in [0, 0.05) is 12.6 Å². The Morgan fingerprint density at radius 3 is 2.77 bits per heavy atom. The summed E-state index contributed by atoms with van der Waals surface area (Å²) in [7, 11) is 0. The molecule has 0 aromatic heterocycles. The molecule has 1 fully saturated rings. The molecule has 1 aromatic rings. The number of morpholine rings is 1. The van der Waals surface area contributed by atoms with Crippen molar-refractivity contribution >= 4 is 11.9 Å². The van der Waals surface area contributed by atoms with Gasteiger partial charge in [-0.05, 0) is 19.1 Å². The Labute approximate surface area is 125 Å². The normalized spacial score (nSPS) is 19.6. The smallest absolute Gasteiger partial charge is 0.334 e. The highest BCUT2D eigenvalue weighted by Gasteiger charge is 2.31. The number of amides is 1. The van der Waals surface area contributed by atoms with Gasteiger partial charge in [-0.2, -0.15) is 0 Å². The molecule has 2 unspecified atom stereocenters. The van der Waals surface area contributed by atoms with E-state index in [1.54, 1.807) is 0 Å². The van der Waals surface area contributed by atoms with Crippen molar-refractivity contribution in [1.82, 2.24) is 4.90 Å². The number of ether oxygens (including phenoxy) is 2. The van der Waals surface area contributed by atoms with Gasteiger partial charge in [0.1, 0.15) is 5.75 Å². The van der Waals surface area contributed by atoms with Crippen LogP contribution in [0.25, 0.3) is 0 Å². The summed E-state index contributed by atoms with van der Waals surface area (Å²) < 4.78 is 36.2. The zero-order valence-corrected chi connectivity index (χ0v) is 11.8. The Kier molecular flexibility index (Phi) is 4.92. The summed E-state index contributed by atoms with van der Waals surface area (Å²) >= 11 is 0. The molecule has 1 aliphatic heterocycles. The lowest BCUT2D eigenvalue weighted by molar-refractivity contribution is -0.161. The summed E-state index contributed by atoms with van der Waals surface area (Å²) in [4.78, 5) is 24.4. The fourth-order valence-corrected chi connectivity index (χ4v) is 2.06. The van der Waals surface area contributed by atoms with Crippen molar-refractivity contribution in [1.29, 1.82) is 0 Å². The van der Waals surface area contributed by atoms with E-state index >= 15 is 0 Å². The van der Waals surface area contributed by atoms with Crippen molar-refractivity contribution in [2.75, 3.05) is 19.7 Å². The van der Waals surface area contributed by atoms with E-state index < -0.39 is 35.7 Å². The van der Waals surface area contributed by atoms with Crippen LogP contribution in [0.2, 0.25) is 0 Å². The lowest BCUT2D eigenvalue weighted by atomic mass is 10.2. The third-order valence-corrected chi connectivity index (χ3v) is 3.21. The maximum Gasteiger partial charge on any atom is 0.334 e. The van der Waals surface area contributed by atoms with Crippen LogP contribution in [0.15, 0.2) is 18.2 Å². The molecule has 1 N–H and O–H groups in total. The molecule has 1 aliphatic rings. The van der Waals surface area contributed by atoms with Gasteiger partial charge >= 0.3 is 5.97 Å². The molecule has 120 valence electrons. The molecular formula is C14H15F2NO5. The lowest BCUT2D eigenvalue weighted by Crippen LogP contribution is -2.51. The Morgan fingerprint density at radius 1 is 1.41 bits per heavy atom. The minimum atomic E-state index is -1.15. The van der Waals surface area contributed by atoms with Gasteiger partial charge in [-0.25, -0.2) is 13.6 Å². The average Bonchev–Trinajstić information content (AvgIpc) is 2.50. The predicted molar refractivity (Wildman–Crippen MR) is 70.4 cm³/mol. The minimum absolute atomic E-state index is 0.0165. The molecule has 2 rings (SSSR count). The minimum Gasteiger partial charge on any atom is -0.481 e. The van der Waals surface area contributed by atoms with Gasteiger partial charge in [0.05, 0.1) is 13.2 Å². The van der Waals surface area contributed by atoms with Crippen molar-refractivity contribution in [3.05, 3.63) is 29.8 Å².